The summed E-state index contributed by atoms with van der Waals surface area (Å²) in [6.07, 6.45) is 0.979. The second kappa shape index (κ2) is 11.1. The van der Waals surface area contributed by atoms with Crippen LogP contribution in [0.2, 0.25) is 5.02 Å². The summed E-state index contributed by atoms with van der Waals surface area (Å²) in [7, 11) is 3.68. The highest BCUT2D eigenvalue weighted by molar-refractivity contribution is 6.30. The van der Waals surface area contributed by atoms with Crippen molar-refractivity contribution in [1.82, 2.24) is 20.0 Å². The molecule has 36 heavy (non-hydrogen) atoms. The maximum absolute atomic E-state index is 13.6. The largest absolute Gasteiger partial charge is 0.384 e. The first-order valence-corrected chi connectivity index (χ1v) is 13.1. The number of hydrogen-bond donors (Lipinski definition) is 2. The van der Waals surface area contributed by atoms with Gasteiger partial charge in [0.15, 0.2) is 0 Å². The fraction of sp³-hybridized carbons (Fsp3) is 0.667. The molecule has 0 aliphatic carbocycles. The van der Waals surface area contributed by atoms with Crippen LogP contribution in [0, 0.1) is 17.3 Å². The summed E-state index contributed by atoms with van der Waals surface area (Å²) in [5, 5.41) is 15.2. The topological polar surface area (TPSA) is 93.2 Å². The quantitative estimate of drug-likeness (QED) is 0.575. The Kier molecular flexibility index (Phi) is 8.74. The van der Waals surface area contributed by atoms with Crippen molar-refractivity contribution < 1.29 is 19.5 Å². The van der Waals surface area contributed by atoms with Crippen molar-refractivity contribution in [3.8, 4) is 0 Å². The van der Waals surface area contributed by atoms with Crippen LogP contribution in [0.4, 0.5) is 0 Å². The van der Waals surface area contributed by atoms with E-state index in [1.165, 1.54) is 0 Å². The average molecular weight is 521 g/mol. The van der Waals surface area contributed by atoms with Crippen molar-refractivity contribution >= 4 is 29.3 Å². The van der Waals surface area contributed by atoms with E-state index >= 15 is 0 Å². The molecule has 2 heterocycles. The van der Waals surface area contributed by atoms with E-state index in [9.17, 15) is 19.5 Å². The lowest BCUT2D eigenvalue weighted by Crippen LogP contribution is -2.60. The Labute approximate surface area is 219 Å². The molecule has 3 atom stereocenters. The van der Waals surface area contributed by atoms with Gasteiger partial charge in [-0.15, -0.1) is 0 Å². The molecule has 0 radical (unpaired) electrons. The number of carbonyl (C=O) groups is 3. The highest BCUT2D eigenvalue weighted by Gasteiger charge is 2.50. The first kappa shape index (κ1) is 28.4. The van der Waals surface area contributed by atoms with Crippen LogP contribution < -0.4 is 5.32 Å². The van der Waals surface area contributed by atoms with Crippen LogP contribution >= 0.6 is 11.6 Å². The molecule has 0 aromatic heterocycles. The van der Waals surface area contributed by atoms with Gasteiger partial charge in [-0.25, -0.2) is 0 Å². The van der Waals surface area contributed by atoms with Gasteiger partial charge in [-0.1, -0.05) is 51.4 Å². The normalized spacial score (nSPS) is 24.8. The smallest absolute Gasteiger partial charge is 0.245 e. The molecule has 0 bridgehead atoms. The van der Waals surface area contributed by atoms with Gasteiger partial charge >= 0.3 is 0 Å². The highest BCUT2D eigenvalue weighted by atomic mass is 35.5. The number of likely N-dealkylation sites (N-methyl/N-ethyl adjacent to an activating group) is 1. The lowest BCUT2D eigenvalue weighted by Gasteiger charge is -2.51. The van der Waals surface area contributed by atoms with Crippen molar-refractivity contribution in [1.29, 1.82) is 0 Å². The molecule has 2 aliphatic rings. The molecule has 3 amide bonds. The maximum atomic E-state index is 13.6. The molecule has 200 valence electrons. The van der Waals surface area contributed by atoms with Gasteiger partial charge in [-0.2, -0.15) is 0 Å². The van der Waals surface area contributed by atoms with Crippen LogP contribution in [0.25, 0.3) is 0 Å². The zero-order chi connectivity index (χ0) is 26.8. The van der Waals surface area contributed by atoms with E-state index in [1.54, 1.807) is 21.9 Å². The van der Waals surface area contributed by atoms with Gasteiger partial charge in [0.2, 0.25) is 17.7 Å². The number of nitrogens with one attached hydrogen (secondary N) is 1. The van der Waals surface area contributed by atoms with Crippen LogP contribution in [0.15, 0.2) is 24.3 Å². The zero-order valence-corrected chi connectivity index (χ0v) is 23.1. The van der Waals surface area contributed by atoms with Crippen LogP contribution in [0.3, 0.4) is 0 Å². The number of amides is 3. The minimum Gasteiger partial charge on any atom is -0.384 e. The fourth-order valence-corrected chi connectivity index (χ4v) is 5.45. The molecule has 2 saturated heterocycles. The standard InChI is InChI=1S/C27H41ClN4O4/c1-18(2)23(29-24(34)19-11-13-31(15-19)22(33)16-30(5)6)25(35)32-14-12-27(36,26(3,4)17-32)20-7-9-21(28)10-8-20/h7-10,18-19,23,36H,11-17H2,1-6H3,(H,29,34)/t19-,23-,27+/m1/s1. The molecule has 2 aliphatic heterocycles. The van der Waals surface area contributed by atoms with E-state index in [1.807, 2.05) is 58.8 Å². The average Bonchev–Trinajstić information content (AvgIpc) is 3.29. The highest BCUT2D eigenvalue weighted by Crippen LogP contribution is 2.46. The monoisotopic (exact) mass is 520 g/mol. The number of carbonyl (C=O) groups excluding carboxylic acids is 3. The second-order valence-electron chi connectivity index (χ2n) is 11.6. The summed E-state index contributed by atoms with van der Waals surface area (Å²) < 4.78 is 0. The number of halogens is 1. The van der Waals surface area contributed by atoms with Crippen molar-refractivity contribution in [2.75, 3.05) is 46.8 Å². The minimum absolute atomic E-state index is 0.00973. The summed E-state index contributed by atoms with van der Waals surface area (Å²) in [5.41, 5.74) is -0.927. The van der Waals surface area contributed by atoms with Crippen LogP contribution in [-0.2, 0) is 20.0 Å². The van der Waals surface area contributed by atoms with E-state index < -0.39 is 17.1 Å². The molecule has 9 heteroatoms. The van der Waals surface area contributed by atoms with Crippen LogP contribution in [0.5, 0.6) is 0 Å². The fourth-order valence-electron chi connectivity index (χ4n) is 5.32. The summed E-state index contributed by atoms with van der Waals surface area (Å²) >= 11 is 6.04. The summed E-state index contributed by atoms with van der Waals surface area (Å²) in [4.78, 5) is 44.4. The number of aliphatic hydroxyl groups is 1. The Balaban J connectivity index is 1.66. The van der Waals surface area contributed by atoms with E-state index in [4.69, 9.17) is 11.6 Å². The van der Waals surface area contributed by atoms with Gasteiger partial charge in [0.1, 0.15) is 6.04 Å². The predicted molar refractivity (Wildman–Crippen MR) is 140 cm³/mol. The van der Waals surface area contributed by atoms with Gasteiger partial charge in [0, 0.05) is 36.6 Å². The Hall–Kier alpha value is -2.16. The molecule has 1 aromatic carbocycles. The van der Waals surface area contributed by atoms with Crippen molar-refractivity contribution in [3.63, 3.8) is 0 Å². The predicted octanol–water partition coefficient (Wildman–Crippen LogP) is 2.34. The molecule has 2 fully saturated rings. The SMILES string of the molecule is CC(C)[C@@H](NC(=O)[C@@H]1CCN(C(=O)CN(C)C)C1)C(=O)N1CC[C@](O)(c2ccc(Cl)cc2)C(C)(C)C1. The molecule has 0 saturated carbocycles. The van der Waals surface area contributed by atoms with Crippen molar-refractivity contribution in [3.05, 3.63) is 34.9 Å². The van der Waals surface area contributed by atoms with Gasteiger partial charge in [0.05, 0.1) is 18.1 Å². The number of nitrogens with zero attached hydrogens (tertiary/aromatic N) is 3. The van der Waals surface area contributed by atoms with Gasteiger partial charge < -0.3 is 25.1 Å². The first-order chi connectivity index (χ1) is 16.7. The Morgan fingerprint density at radius 1 is 1.14 bits per heavy atom. The Morgan fingerprint density at radius 3 is 2.33 bits per heavy atom. The molecule has 3 rings (SSSR count). The van der Waals surface area contributed by atoms with Gasteiger partial charge in [-0.3, -0.25) is 14.4 Å². The maximum Gasteiger partial charge on any atom is 0.245 e. The molecule has 0 unspecified atom stereocenters. The van der Waals surface area contributed by atoms with Gasteiger partial charge in [0.25, 0.3) is 0 Å². The van der Waals surface area contributed by atoms with Gasteiger partial charge in [-0.05, 0) is 50.6 Å². The minimum atomic E-state index is -1.10. The van der Waals surface area contributed by atoms with Crippen LogP contribution in [-0.4, -0.2) is 90.4 Å². The lowest BCUT2D eigenvalue weighted by atomic mass is 9.66. The Bertz CT molecular complexity index is 965. The molecule has 2 N–H and O–H groups in total. The number of rotatable bonds is 7. The first-order valence-electron chi connectivity index (χ1n) is 12.8. The summed E-state index contributed by atoms with van der Waals surface area (Å²) in [6, 6.07) is 6.55. The van der Waals surface area contributed by atoms with E-state index in [0.717, 1.165) is 5.56 Å². The number of piperidine rings is 1. The van der Waals surface area contributed by atoms with E-state index in [2.05, 4.69) is 5.32 Å². The molecule has 1 aromatic rings. The third-order valence-corrected chi connectivity index (χ3v) is 7.93. The number of likely N-dealkylation sites (tertiary alicyclic amines) is 2. The van der Waals surface area contributed by atoms with Crippen molar-refractivity contribution in [2.24, 2.45) is 17.3 Å². The summed E-state index contributed by atoms with van der Waals surface area (Å²) in [5.74, 6) is -0.734. The van der Waals surface area contributed by atoms with E-state index in [0.29, 0.717) is 50.6 Å². The zero-order valence-electron chi connectivity index (χ0n) is 22.4. The number of hydrogen-bond acceptors (Lipinski definition) is 5. The Morgan fingerprint density at radius 2 is 1.78 bits per heavy atom. The third kappa shape index (κ3) is 6.03. The molecular formula is C27H41ClN4O4. The molecule has 0 spiro atoms. The second-order valence-corrected chi connectivity index (χ2v) is 12.0. The third-order valence-electron chi connectivity index (χ3n) is 7.68. The molecule has 8 nitrogen and oxygen atoms in total. The molecular weight excluding hydrogens is 480 g/mol. The van der Waals surface area contributed by atoms with Crippen molar-refractivity contribution in [2.45, 2.75) is 52.2 Å². The number of benzene rings is 1. The lowest BCUT2D eigenvalue weighted by molar-refractivity contribution is -0.157. The van der Waals surface area contributed by atoms with E-state index in [-0.39, 0.29) is 29.6 Å². The van der Waals surface area contributed by atoms with Crippen LogP contribution in [0.1, 0.15) is 46.1 Å². The summed E-state index contributed by atoms with van der Waals surface area (Å²) in [6.45, 7) is 9.75.